The molecule has 1 rings (SSSR count). The molecule has 0 atom stereocenters. The van der Waals surface area contributed by atoms with Crippen LogP contribution >= 0.6 is 0 Å². The molecule has 0 aliphatic rings. The lowest BCUT2D eigenvalue weighted by Gasteiger charge is -2.18. The zero-order chi connectivity index (χ0) is 11.3. The van der Waals surface area contributed by atoms with Gasteiger partial charge in [0.1, 0.15) is 0 Å². The van der Waals surface area contributed by atoms with Crippen LogP contribution in [0.3, 0.4) is 0 Å². The molecule has 3 nitrogen and oxygen atoms in total. The van der Waals surface area contributed by atoms with Crippen molar-refractivity contribution < 1.29 is 5.11 Å². The zero-order valence-corrected chi connectivity index (χ0v) is 9.51. The summed E-state index contributed by atoms with van der Waals surface area (Å²) in [5.74, 6) is 0. The van der Waals surface area contributed by atoms with Crippen LogP contribution in [-0.4, -0.2) is 25.0 Å². The van der Waals surface area contributed by atoms with Crippen LogP contribution in [0.25, 0.3) is 0 Å². The van der Waals surface area contributed by atoms with Gasteiger partial charge in [0.25, 0.3) is 0 Å². The maximum atomic E-state index is 9.07. The molecular weight excluding hydrogens is 188 g/mol. The van der Waals surface area contributed by atoms with E-state index in [9.17, 15) is 0 Å². The average molecular weight is 206 g/mol. The first kappa shape index (κ1) is 11.7. The number of hydrazone groups is 1. The van der Waals surface area contributed by atoms with Crippen LogP contribution < -0.4 is 5.01 Å². The van der Waals surface area contributed by atoms with E-state index in [1.165, 1.54) is 0 Å². The molecule has 1 aromatic carbocycles. The number of hydrogen-bond donors (Lipinski definition) is 1. The van der Waals surface area contributed by atoms with Gasteiger partial charge in [-0.05, 0) is 12.1 Å². The molecule has 0 aliphatic carbocycles. The van der Waals surface area contributed by atoms with Gasteiger partial charge in [-0.25, -0.2) is 0 Å². The summed E-state index contributed by atoms with van der Waals surface area (Å²) in [5.41, 5.74) is 0.755. The van der Waals surface area contributed by atoms with E-state index in [0.29, 0.717) is 0 Å². The molecule has 15 heavy (non-hydrogen) atoms. The molecule has 0 fully saturated rings. The number of aliphatic hydroxyl groups excluding tert-OH is 1. The van der Waals surface area contributed by atoms with Crippen LogP contribution in [0.1, 0.15) is 13.8 Å². The summed E-state index contributed by atoms with van der Waals surface area (Å²) in [5, 5.41) is 15.1. The fourth-order valence-corrected chi connectivity index (χ4v) is 0.994. The van der Waals surface area contributed by atoms with Gasteiger partial charge in [-0.15, -0.1) is 0 Å². The first-order chi connectivity index (χ1) is 7.05. The van der Waals surface area contributed by atoms with Gasteiger partial charge in [0, 0.05) is 18.7 Å². The van der Waals surface area contributed by atoms with E-state index in [2.05, 4.69) is 5.10 Å². The van der Waals surface area contributed by atoms with Gasteiger partial charge >= 0.3 is 0 Å². The Hall–Kier alpha value is -1.35. The van der Waals surface area contributed by atoms with Crippen molar-refractivity contribution >= 4 is 11.9 Å². The number of nitrogens with zero attached hydrogens (tertiary/aromatic N) is 2. The van der Waals surface area contributed by atoms with Crippen molar-refractivity contribution in [1.29, 1.82) is 0 Å². The third-order valence-corrected chi connectivity index (χ3v) is 2.12. The quantitative estimate of drug-likeness (QED) is 0.605. The normalized spacial score (nSPS) is 12.0. The Morgan fingerprint density at radius 2 is 1.93 bits per heavy atom. The first-order valence-corrected chi connectivity index (χ1v) is 5.00. The van der Waals surface area contributed by atoms with E-state index >= 15 is 0 Å². The van der Waals surface area contributed by atoms with Gasteiger partial charge in [-0.3, -0.25) is 5.01 Å². The lowest BCUT2D eigenvalue weighted by atomic mass is 9.97. The maximum Gasteiger partial charge on any atom is 0.0590 e. The molecule has 0 radical (unpaired) electrons. The summed E-state index contributed by atoms with van der Waals surface area (Å²) >= 11 is 0. The summed E-state index contributed by atoms with van der Waals surface area (Å²) in [6.07, 6.45) is 1.76. The summed E-state index contributed by atoms with van der Waals surface area (Å²) in [6.45, 7) is 3.98. The number of benzene rings is 1. The highest BCUT2D eigenvalue weighted by atomic mass is 16.3. The largest absolute Gasteiger partial charge is 0.395 e. The molecular formula is C12H18N2O. The van der Waals surface area contributed by atoms with Gasteiger partial charge in [0.05, 0.1) is 12.3 Å². The van der Waals surface area contributed by atoms with Gasteiger partial charge in [0.2, 0.25) is 0 Å². The number of rotatable bonds is 4. The third-order valence-electron chi connectivity index (χ3n) is 2.12. The lowest BCUT2D eigenvalue weighted by molar-refractivity contribution is 0.216. The lowest BCUT2D eigenvalue weighted by Crippen LogP contribution is -2.21. The number of anilines is 1. The van der Waals surface area contributed by atoms with E-state index < -0.39 is 0 Å². The molecule has 1 N–H and O–H groups in total. The van der Waals surface area contributed by atoms with Crippen LogP contribution in [0.5, 0.6) is 0 Å². The molecule has 0 amide bonds. The maximum absolute atomic E-state index is 9.07. The third kappa shape index (κ3) is 3.72. The predicted molar refractivity (Wildman–Crippen MR) is 64.2 cm³/mol. The second-order valence-electron chi connectivity index (χ2n) is 4.25. The van der Waals surface area contributed by atoms with Crippen LogP contribution in [0.2, 0.25) is 0 Å². The highest BCUT2D eigenvalue weighted by Gasteiger charge is 2.13. The van der Waals surface area contributed by atoms with E-state index in [1.807, 2.05) is 51.2 Å². The predicted octanol–water partition coefficient (Wildman–Crippen LogP) is 2.13. The minimum atomic E-state index is -0.275. The Morgan fingerprint density at radius 3 is 2.47 bits per heavy atom. The fraction of sp³-hybridized carbons (Fsp3) is 0.417. The topological polar surface area (TPSA) is 35.8 Å². The van der Waals surface area contributed by atoms with Crippen molar-refractivity contribution in [3.05, 3.63) is 30.3 Å². The van der Waals surface area contributed by atoms with Crippen molar-refractivity contribution in [2.45, 2.75) is 13.8 Å². The highest BCUT2D eigenvalue weighted by molar-refractivity contribution is 5.66. The van der Waals surface area contributed by atoms with Crippen molar-refractivity contribution in [3.8, 4) is 0 Å². The molecule has 0 saturated carbocycles. The summed E-state index contributed by atoms with van der Waals surface area (Å²) in [7, 11) is 1.89. The molecule has 1 aromatic rings. The van der Waals surface area contributed by atoms with Crippen molar-refractivity contribution in [1.82, 2.24) is 0 Å². The minimum absolute atomic E-state index is 0.0964. The van der Waals surface area contributed by atoms with Crippen molar-refractivity contribution in [3.63, 3.8) is 0 Å². The molecule has 0 unspecified atom stereocenters. The van der Waals surface area contributed by atoms with Gasteiger partial charge in [-0.2, -0.15) is 5.10 Å². The Labute approximate surface area is 91.0 Å². The van der Waals surface area contributed by atoms with Crippen LogP contribution in [-0.2, 0) is 0 Å². The van der Waals surface area contributed by atoms with Crippen molar-refractivity contribution in [2.75, 3.05) is 18.7 Å². The Morgan fingerprint density at radius 1 is 1.33 bits per heavy atom. The SMILES string of the molecule is CN(N=CC(C)(C)CO)c1ccccc1. The molecule has 0 aliphatic heterocycles. The zero-order valence-electron chi connectivity index (χ0n) is 9.51. The Balaban J connectivity index is 2.68. The molecule has 3 heteroatoms. The smallest absolute Gasteiger partial charge is 0.0590 e. The number of aliphatic hydroxyl groups is 1. The molecule has 82 valence electrons. The van der Waals surface area contributed by atoms with Crippen LogP contribution in [0.4, 0.5) is 5.69 Å². The summed E-state index contributed by atoms with van der Waals surface area (Å²) < 4.78 is 0. The van der Waals surface area contributed by atoms with Crippen molar-refractivity contribution in [2.24, 2.45) is 10.5 Å². The molecule has 0 bridgehead atoms. The second kappa shape index (κ2) is 4.94. The summed E-state index contributed by atoms with van der Waals surface area (Å²) in [4.78, 5) is 0. The monoisotopic (exact) mass is 206 g/mol. The van der Waals surface area contributed by atoms with E-state index in [0.717, 1.165) is 5.69 Å². The van der Waals surface area contributed by atoms with Gasteiger partial charge < -0.3 is 5.11 Å². The minimum Gasteiger partial charge on any atom is -0.395 e. The number of hydrogen-bond acceptors (Lipinski definition) is 3. The molecule has 0 spiro atoms. The van der Waals surface area contributed by atoms with E-state index in [-0.39, 0.29) is 12.0 Å². The Kier molecular flexibility index (Phi) is 3.86. The fourth-order valence-electron chi connectivity index (χ4n) is 0.994. The van der Waals surface area contributed by atoms with Crippen LogP contribution in [0.15, 0.2) is 35.4 Å². The second-order valence-corrected chi connectivity index (χ2v) is 4.25. The summed E-state index contributed by atoms with van der Waals surface area (Å²) in [6, 6.07) is 9.89. The van der Waals surface area contributed by atoms with Gasteiger partial charge in [-0.1, -0.05) is 32.0 Å². The number of para-hydroxylation sites is 1. The average Bonchev–Trinajstić information content (AvgIpc) is 2.27. The van der Waals surface area contributed by atoms with E-state index in [4.69, 9.17) is 5.11 Å². The first-order valence-electron chi connectivity index (χ1n) is 5.00. The molecule has 0 heterocycles. The van der Waals surface area contributed by atoms with Crippen LogP contribution in [0, 0.1) is 5.41 Å². The molecule has 0 aromatic heterocycles. The van der Waals surface area contributed by atoms with E-state index in [1.54, 1.807) is 11.2 Å². The highest BCUT2D eigenvalue weighted by Crippen LogP contribution is 2.14. The standard InChI is InChI=1S/C12H18N2O/c1-12(2,10-15)9-13-14(3)11-7-5-4-6-8-11/h4-9,15H,10H2,1-3H3. The Bertz CT molecular complexity index is 320. The van der Waals surface area contributed by atoms with Gasteiger partial charge in [0.15, 0.2) is 0 Å². The molecule has 0 saturated heterocycles.